The Balaban J connectivity index is 1.28. The lowest BCUT2D eigenvalue weighted by atomic mass is 10.1. The van der Waals surface area contributed by atoms with Gasteiger partial charge in [0.05, 0.1) is 12.7 Å². The Hall–Kier alpha value is -1.43. The highest BCUT2D eigenvalue weighted by Gasteiger charge is 2.22. The van der Waals surface area contributed by atoms with Crippen LogP contribution in [0.2, 0.25) is 0 Å². The zero-order valence-electron chi connectivity index (χ0n) is 14.8. The fraction of sp³-hybridized carbons (Fsp3) is 0.550. The number of hydrogen-bond donors (Lipinski definition) is 0. The Kier molecular flexibility index (Phi) is 5.65. The highest BCUT2D eigenvalue weighted by molar-refractivity contribution is 7.15. The van der Waals surface area contributed by atoms with E-state index in [1.807, 2.05) is 11.3 Å². The molecule has 1 aromatic carbocycles. The number of ether oxygens (including phenoxy) is 1. The first-order chi connectivity index (χ1) is 12.4. The lowest BCUT2D eigenvalue weighted by molar-refractivity contribution is -0.0342. The van der Waals surface area contributed by atoms with Crippen molar-refractivity contribution in [3.8, 4) is 0 Å². The molecule has 0 bridgehead atoms. The largest absolute Gasteiger partial charge is 0.376 e. The number of anilines is 1. The highest BCUT2D eigenvalue weighted by Crippen LogP contribution is 2.27. The van der Waals surface area contributed by atoms with E-state index in [9.17, 15) is 0 Å². The Morgan fingerprint density at radius 2 is 1.96 bits per heavy atom. The van der Waals surface area contributed by atoms with Crippen LogP contribution in [-0.4, -0.2) is 48.8 Å². The molecular formula is C20H27N3OS. The molecule has 0 amide bonds. The van der Waals surface area contributed by atoms with Crippen LogP contribution >= 0.6 is 11.3 Å². The number of rotatable bonds is 6. The third-order valence-electron chi connectivity index (χ3n) is 5.12. The summed E-state index contributed by atoms with van der Waals surface area (Å²) in [5.74, 6) is 0. The summed E-state index contributed by atoms with van der Waals surface area (Å²) in [5, 5.41) is 1.21. The van der Waals surface area contributed by atoms with Crippen molar-refractivity contribution in [2.45, 2.75) is 38.3 Å². The van der Waals surface area contributed by atoms with Gasteiger partial charge >= 0.3 is 0 Å². The maximum atomic E-state index is 5.99. The van der Waals surface area contributed by atoms with Crippen molar-refractivity contribution < 1.29 is 4.74 Å². The highest BCUT2D eigenvalue weighted by atomic mass is 32.1. The van der Waals surface area contributed by atoms with Crippen LogP contribution < -0.4 is 4.90 Å². The molecule has 0 aliphatic carbocycles. The number of nitrogens with zero attached hydrogens (tertiary/aromatic N) is 3. The Morgan fingerprint density at radius 1 is 1.12 bits per heavy atom. The van der Waals surface area contributed by atoms with Gasteiger partial charge in [0.2, 0.25) is 0 Å². The first-order valence-corrected chi connectivity index (χ1v) is 10.3. The number of thiazole rings is 1. The van der Waals surface area contributed by atoms with Crippen LogP contribution in [0, 0.1) is 0 Å². The van der Waals surface area contributed by atoms with E-state index in [0.29, 0.717) is 6.10 Å². The summed E-state index contributed by atoms with van der Waals surface area (Å²) in [7, 11) is 0. The first-order valence-electron chi connectivity index (χ1n) is 9.44. The van der Waals surface area contributed by atoms with Crippen molar-refractivity contribution in [2.75, 3.05) is 37.7 Å². The van der Waals surface area contributed by atoms with E-state index in [1.54, 1.807) is 0 Å². The molecule has 2 aromatic rings. The smallest absolute Gasteiger partial charge is 0.185 e. The molecule has 25 heavy (non-hydrogen) atoms. The van der Waals surface area contributed by atoms with Crippen molar-refractivity contribution in [3.05, 3.63) is 47.0 Å². The topological polar surface area (TPSA) is 28.6 Å². The summed E-state index contributed by atoms with van der Waals surface area (Å²) >= 11 is 1.87. The molecule has 2 fully saturated rings. The normalized spacial score (nSPS) is 21.8. The third-order valence-corrected chi connectivity index (χ3v) is 6.16. The standard InChI is InChI=1S/C20H27N3OS/c1-2-6-17(7-3-1)8-9-18-15-22(12-13-24-18)16-19-14-21-20(25-19)23-10-4-5-11-23/h1-3,6-7,14,18H,4-5,8-13,15-16H2. The van der Waals surface area contributed by atoms with Gasteiger partial charge in [0.1, 0.15) is 0 Å². The number of benzene rings is 1. The number of aryl methyl sites for hydroxylation is 1. The minimum Gasteiger partial charge on any atom is -0.376 e. The molecule has 1 atom stereocenters. The molecule has 0 N–H and O–H groups in total. The second kappa shape index (κ2) is 8.30. The summed E-state index contributed by atoms with van der Waals surface area (Å²) in [6.07, 6.45) is 7.23. The van der Waals surface area contributed by atoms with Crippen LogP contribution in [0.4, 0.5) is 5.13 Å². The molecule has 2 aliphatic rings. The van der Waals surface area contributed by atoms with E-state index in [1.165, 1.54) is 41.5 Å². The van der Waals surface area contributed by atoms with Gasteiger partial charge in [0, 0.05) is 43.8 Å². The quantitative estimate of drug-likeness (QED) is 0.790. The number of hydrogen-bond acceptors (Lipinski definition) is 5. The monoisotopic (exact) mass is 357 g/mol. The second-order valence-corrected chi connectivity index (χ2v) is 8.15. The van der Waals surface area contributed by atoms with Gasteiger partial charge in [0.15, 0.2) is 5.13 Å². The average molecular weight is 358 g/mol. The average Bonchev–Trinajstić information content (AvgIpc) is 3.33. The maximum Gasteiger partial charge on any atom is 0.185 e. The summed E-state index contributed by atoms with van der Waals surface area (Å²) in [6.45, 7) is 6.26. The number of aromatic nitrogens is 1. The Bertz CT molecular complexity index is 654. The molecule has 0 spiro atoms. The Labute approximate surface area is 154 Å². The van der Waals surface area contributed by atoms with Crippen LogP contribution in [0.3, 0.4) is 0 Å². The molecule has 2 aliphatic heterocycles. The van der Waals surface area contributed by atoms with Crippen molar-refractivity contribution in [2.24, 2.45) is 0 Å². The molecule has 2 saturated heterocycles. The summed E-state index contributed by atoms with van der Waals surface area (Å²) in [6, 6.07) is 10.7. The molecule has 5 heteroatoms. The lowest BCUT2D eigenvalue weighted by Crippen LogP contribution is -2.41. The summed E-state index contributed by atoms with van der Waals surface area (Å²) < 4.78 is 5.99. The predicted molar refractivity (Wildman–Crippen MR) is 103 cm³/mol. The third kappa shape index (κ3) is 4.60. The van der Waals surface area contributed by atoms with Gasteiger partial charge in [-0.15, -0.1) is 11.3 Å². The minimum absolute atomic E-state index is 0.347. The summed E-state index contributed by atoms with van der Waals surface area (Å²) in [5.41, 5.74) is 1.40. The Morgan fingerprint density at radius 3 is 2.80 bits per heavy atom. The fourth-order valence-electron chi connectivity index (χ4n) is 3.72. The van der Waals surface area contributed by atoms with Crippen molar-refractivity contribution in [1.29, 1.82) is 0 Å². The SMILES string of the molecule is c1ccc(CCC2CN(Cc3cnc(N4CCCC4)s3)CCO2)cc1. The van der Waals surface area contributed by atoms with E-state index in [2.05, 4.69) is 51.3 Å². The summed E-state index contributed by atoms with van der Waals surface area (Å²) in [4.78, 5) is 11.0. The molecule has 0 saturated carbocycles. The molecule has 0 radical (unpaired) electrons. The van der Waals surface area contributed by atoms with Gasteiger partial charge in [-0.3, -0.25) is 4.90 Å². The maximum absolute atomic E-state index is 5.99. The molecule has 1 unspecified atom stereocenters. The van der Waals surface area contributed by atoms with Crippen LogP contribution in [0.1, 0.15) is 29.7 Å². The molecule has 4 nitrogen and oxygen atoms in total. The van der Waals surface area contributed by atoms with Gasteiger partial charge < -0.3 is 9.64 Å². The predicted octanol–water partition coefficient (Wildman–Crippen LogP) is 3.58. The van der Waals surface area contributed by atoms with Crippen molar-refractivity contribution in [3.63, 3.8) is 0 Å². The minimum atomic E-state index is 0.347. The molecule has 3 heterocycles. The van der Waals surface area contributed by atoms with E-state index in [4.69, 9.17) is 4.74 Å². The zero-order chi connectivity index (χ0) is 16.9. The molecule has 4 rings (SSSR count). The van der Waals surface area contributed by atoms with Gasteiger partial charge in [-0.05, 0) is 31.2 Å². The second-order valence-electron chi connectivity index (χ2n) is 7.06. The van der Waals surface area contributed by atoms with Gasteiger partial charge in [-0.25, -0.2) is 4.98 Å². The van der Waals surface area contributed by atoms with Crippen LogP contribution in [-0.2, 0) is 17.7 Å². The van der Waals surface area contributed by atoms with Crippen molar-refractivity contribution in [1.82, 2.24) is 9.88 Å². The van der Waals surface area contributed by atoms with Crippen LogP contribution in [0.25, 0.3) is 0 Å². The molecule has 134 valence electrons. The van der Waals surface area contributed by atoms with E-state index in [0.717, 1.165) is 39.1 Å². The van der Waals surface area contributed by atoms with Gasteiger partial charge in [-0.1, -0.05) is 30.3 Å². The number of morpholine rings is 1. The van der Waals surface area contributed by atoms with Crippen LogP contribution in [0.5, 0.6) is 0 Å². The zero-order valence-corrected chi connectivity index (χ0v) is 15.6. The van der Waals surface area contributed by atoms with Crippen molar-refractivity contribution >= 4 is 16.5 Å². The lowest BCUT2D eigenvalue weighted by Gasteiger charge is -2.32. The fourth-order valence-corrected chi connectivity index (χ4v) is 4.72. The van der Waals surface area contributed by atoms with E-state index in [-0.39, 0.29) is 0 Å². The van der Waals surface area contributed by atoms with Gasteiger partial charge in [-0.2, -0.15) is 0 Å². The molecular weight excluding hydrogens is 330 g/mol. The van der Waals surface area contributed by atoms with E-state index < -0.39 is 0 Å². The van der Waals surface area contributed by atoms with Gasteiger partial charge in [0.25, 0.3) is 0 Å². The van der Waals surface area contributed by atoms with E-state index >= 15 is 0 Å². The van der Waals surface area contributed by atoms with Crippen LogP contribution in [0.15, 0.2) is 36.5 Å². The first kappa shape index (κ1) is 17.0. The molecule has 1 aromatic heterocycles.